The molecule has 0 aliphatic carbocycles. The van der Waals surface area contributed by atoms with E-state index in [-0.39, 0.29) is 11.9 Å². The van der Waals surface area contributed by atoms with Crippen molar-refractivity contribution in [2.24, 2.45) is 7.05 Å². The molecule has 1 amide bonds. The van der Waals surface area contributed by atoms with Gasteiger partial charge in [0.2, 0.25) is 0 Å². The van der Waals surface area contributed by atoms with Crippen LogP contribution in [0, 0.1) is 0 Å². The maximum Gasteiger partial charge on any atom is 0.257 e. The predicted octanol–water partition coefficient (Wildman–Crippen LogP) is 1.25. The van der Waals surface area contributed by atoms with Gasteiger partial charge in [0.1, 0.15) is 0 Å². The van der Waals surface area contributed by atoms with Crippen LogP contribution in [0.1, 0.15) is 40.8 Å². The molecule has 0 N–H and O–H groups in total. The molecule has 7 heteroatoms. The van der Waals surface area contributed by atoms with Crippen LogP contribution in [0.4, 0.5) is 0 Å². The molecule has 1 atom stereocenters. The van der Waals surface area contributed by atoms with Gasteiger partial charge in [-0.25, -0.2) is 9.97 Å². The lowest BCUT2D eigenvalue weighted by molar-refractivity contribution is 0.0729. The quantitative estimate of drug-likeness (QED) is 0.849. The lowest BCUT2D eigenvalue weighted by atomic mass is 10.2. The number of likely N-dealkylation sites (tertiary alicyclic amines) is 1. The van der Waals surface area contributed by atoms with Gasteiger partial charge in [-0.1, -0.05) is 0 Å². The van der Waals surface area contributed by atoms with E-state index in [2.05, 4.69) is 20.0 Å². The molecule has 0 spiro atoms. The highest BCUT2D eigenvalue weighted by Crippen LogP contribution is 2.31. The molecule has 23 heavy (non-hydrogen) atoms. The Morgan fingerprint density at radius 1 is 1.43 bits per heavy atom. The molecule has 1 aliphatic rings. The molecule has 0 saturated carbocycles. The fourth-order valence-corrected chi connectivity index (χ4v) is 2.96. The second kappa shape index (κ2) is 6.45. The van der Waals surface area contributed by atoms with Crippen LogP contribution in [0.25, 0.3) is 0 Å². The lowest BCUT2D eigenvalue weighted by Gasteiger charge is -2.23. The fourth-order valence-electron chi connectivity index (χ4n) is 2.96. The second-order valence-corrected chi connectivity index (χ2v) is 6.20. The molecule has 2 aromatic heterocycles. The average molecular weight is 314 g/mol. The third-order valence-corrected chi connectivity index (χ3v) is 3.97. The monoisotopic (exact) mass is 314 g/mol. The number of aromatic nitrogens is 4. The van der Waals surface area contributed by atoms with Crippen molar-refractivity contribution in [2.45, 2.75) is 25.4 Å². The number of hydrogen-bond donors (Lipinski definition) is 0. The summed E-state index contributed by atoms with van der Waals surface area (Å²) in [6.45, 7) is 1.50. The molecular formula is C16H22N6O. The smallest absolute Gasteiger partial charge is 0.257 e. The van der Waals surface area contributed by atoms with Crippen molar-refractivity contribution in [1.29, 1.82) is 0 Å². The molecule has 1 saturated heterocycles. The minimum atomic E-state index is -0.0511. The molecule has 3 rings (SSSR count). The first-order chi connectivity index (χ1) is 11.0. The molecule has 0 bridgehead atoms. The Kier molecular flexibility index (Phi) is 4.38. The first-order valence-corrected chi connectivity index (χ1v) is 7.81. The van der Waals surface area contributed by atoms with Gasteiger partial charge in [0.05, 0.1) is 23.5 Å². The summed E-state index contributed by atoms with van der Waals surface area (Å²) in [4.78, 5) is 25.7. The van der Waals surface area contributed by atoms with Crippen LogP contribution in [0.3, 0.4) is 0 Å². The van der Waals surface area contributed by atoms with Gasteiger partial charge in [0.25, 0.3) is 5.91 Å². The van der Waals surface area contributed by atoms with E-state index in [4.69, 9.17) is 0 Å². The Morgan fingerprint density at radius 2 is 2.26 bits per heavy atom. The maximum atomic E-state index is 12.7. The van der Waals surface area contributed by atoms with Gasteiger partial charge >= 0.3 is 0 Å². The van der Waals surface area contributed by atoms with Gasteiger partial charge in [-0.05, 0) is 33.0 Å². The normalized spacial score (nSPS) is 17.9. The van der Waals surface area contributed by atoms with Crippen molar-refractivity contribution in [3.8, 4) is 0 Å². The predicted molar refractivity (Wildman–Crippen MR) is 85.6 cm³/mol. The topological polar surface area (TPSA) is 67.2 Å². The van der Waals surface area contributed by atoms with E-state index in [0.29, 0.717) is 5.56 Å². The molecule has 1 aliphatic heterocycles. The number of carbonyl (C=O) groups is 1. The Hall–Kier alpha value is -2.28. The van der Waals surface area contributed by atoms with E-state index in [1.807, 2.05) is 32.1 Å². The van der Waals surface area contributed by atoms with E-state index in [9.17, 15) is 4.79 Å². The van der Waals surface area contributed by atoms with Gasteiger partial charge in [-0.3, -0.25) is 9.48 Å². The van der Waals surface area contributed by atoms with Crippen molar-refractivity contribution in [3.63, 3.8) is 0 Å². The van der Waals surface area contributed by atoms with Crippen molar-refractivity contribution >= 4 is 5.91 Å². The zero-order valence-corrected chi connectivity index (χ0v) is 13.8. The van der Waals surface area contributed by atoms with E-state index < -0.39 is 0 Å². The Labute approximate surface area is 135 Å². The minimum Gasteiger partial charge on any atom is -0.328 e. The first kappa shape index (κ1) is 15.6. The number of carbonyl (C=O) groups excluding carboxylic acids is 1. The van der Waals surface area contributed by atoms with Gasteiger partial charge in [-0.15, -0.1) is 0 Å². The first-order valence-electron chi connectivity index (χ1n) is 7.81. The van der Waals surface area contributed by atoms with Crippen molar-refractivity contribution in [1.82, 2.24) is 29.5 Å². The molecular weight excluding hydrogens is 292 g/mol. The second-order valence-electron chi connectivity index (χ2n) is 6.20. The van der Waals surface area contributed by atoms with Gasteiger partial charge in [0.15, 0.2) is 5.82 Å². The van der Waals surface area contributed by atoms with Crippen LogP contribution in [0.2, 0.25) is 0 Å². The zero-order valence-electron chi connectivity index (χ0n) is 13.8. The lowest BCUT2D eigenvalue weighted by Crippen LogP contribution is -2.31. The Morgan fingerprint density at radius 3 is 2.96 bits per heavy atom. The number of rotatable bonds is 4. The molecule has 3 heterocycles. The van der Waals surface area contributed by atoms with E-state index in [1.165, 1.54) is 0 Å². The molecule has 0 unspecified atom stereocenters. The summed E-state index contributed by atoms with van der Waals surface area (Å²) in [7, 11) is 5.83. The van der Waals surface area contributed by atoms with E-state index in [1.54, 1.807) is 23.3 Å². The Bertz CT molecular complexity index is 695. The van der Waals surface area contributed by atoms with Crippen LogP contribution in [0.5, 0.6) is 0 Å². The summed E-state index contributed by atoms with van der Waals surface area (Å²) in [6.07, 6.45) is 7.02. The number of nitrogens with zero attached hydrogens (tertiary/aromatic N) is 6. The summed E-state index contributed by atoms with van der Waals surface area (Å²) in [5, 5.41) is 4.09. The van der Waals surface area contributed by atoms with Crippen LogP contribution < -0.4 is 0 Å². The van der Waals surface area contributed by atoms with E-state index >= 15 is 0 Å². The van der Waals surface area contributed by atoms with Gasteiger partial charge in [0, 0.05) is 32.5 Å². The van der Waals surface area contributed by atoms with Crippen molar-refractivity contribution in [3.05, 3.63) is 41.7 Å². The van der Waals surface area contributed by atoms with Crippen molar-refractivity contribution in [2.75, 3.05) is 20.6 Å². The zero-order chi connectivity index (χ0) is 16.4. The number of hydrogen-bond acceptors (Lipinski definition) is 5. The summed E-state index contributed by atoms with van der Waals surface area (Å²) in [6, 6.07) is 1.87. The van der Waals surface area contributed by atoms with Crippen LogP contribution in [-0.2, 0) is 13.6 Å². The third kappa shape index (κ3) is 3.39. The highest BCUT2D eigenvalue weighted by Gasteiger charge is 2.33. The summed E-state index contributed by atoms with van der Waals surface area (Å²) in [5.41, 5.74) is 1.59. The maximum absolute atomic E-state index is 12.7. The largest absolute Gasteiger partial charge is 0.328 e. The van der Waals surface area contributed by atoms with Gasteiger partial charge in [-0.2, -0.15) is 5.10 Å². The molecule has 7 nitrogen and oxygen atoms in total. The molecule has 0 radical (unpaired) electrons. The average Bonchev–Trinajstić information content (AvgIpc) is 3.15. The standard InChI is InChI=1S/C16H22N6O/c1-20(2)11-13-6-7-17-15(19-13)14-5-4-8-22(14)16(23)12-9-18-21(3)10-12/h6-7,9-10,14H,4-5,8,11H2,1-3H3/t14-/m0/s1. The highest BCUT2D eigenvalue weighted by molar-refractivity contribution is 5.94. The molecule has 122 valence electrons. The van der Waals surface area contributed by atoms with Crippen molar-refractivity contribution < 1.29 is 4.79 Å². The summed E-state index contributed by atoms with van der Waals surface area (Å²) >= 11 is 0. The van der Waals surface area contributed by atoms with Crippen LogP contribution >= 0.6 is 0 Å². The third-order valence-electron chi connectivity index (χ3n) is 3.97. The molecule has 0 aromatic carbocycles. The van der Waals surface area contributed by atoms with Gasteiger partial charge < -0.3 is 9.80 Å². The van der Waals surface area contributed by atoms with Crippen LogP contribution in [0.15, 0.2) is 24.7 Å². The number of amides is 1. The Balaban J connectivity index is 1.82. The summed E-state index contributed by atoms with van der Waals surface area (Å²) < 4.78 is 1.65. The number of aryl methyl sites for hydroxylation is 1. The molecule has 1 fully saturated rings. The molecule has 2 aromatic rings. The minimum absolute atomic E-state index is 0.00205. The fraction of sp³-hybridized carbons (Fsp3) is 0.500. The van der Waals surface area contributed by atoms with Crippen LogP contribution in [-0.4, -0.2) is 56.1 Å². The highest BCUT2D eigenvalue weighted by atomic mass is 16.2. The summed E-state index contributed by atoms with van der Waals surface area (Å²) in [5.74, 6) is 0.737. The SMILES string of the molecule is CN(C)Cc1ccnc([C@@H]2CCCN2C(=O)c2cnn(C)c2)n1. The van der Waals surface area contributed by atoms with E-state index in [0.717, 1.165) is 37.4 Å².